The van der Waals surface area contributed by atoms with E-state index in [1.54, 1.807) is 7.11 Å². The molecule has 1 saturated heterocycles. The molecule has 1 aliphatic rings. The van der Waals surface area contributed by atoms with Crippen LogP contribution in [-0.4, -0.2) is 42.4 Å². The molecule has 5 heteroatoms. The lowest BCUT2D eigenvalue weighted by Crippen LogP contribution is -2.31. The average Bonchev–Trinajstić information content (AvgIpc) is 3.05. The number of methoxy groups -OCH3 is 1. The van der Waals surface area contributed by atoms with Crippen LogP contribution in [0.2, 0.25) is 0 Å². The van der Waals surface area contributed by atoms with Crippen LogP contribution in [-0.2, 0) is 11.2 Å². The SMILES string of the molecule is CCc1cn(C(C)COC)c(N2CCC(C(C)N)C2)n1. The molecule has 0 aromatic carbocycles. The van der Waals surface area contributed by atoms with Crippen LogP contribution in [0.15, 0.2) is 6.20 Å². The topological polar surface area (TPSA) is 56.3 Å². The van der Waals surface area contributed by atoms with E-state index < -0.39 is 0 Å². The lowest BCUT2D eigenvalue weighted by Gasteiger charge is -2.23. The zero-order valence-electron chi connectivity index (χ0n) is 13.2. The molecule has 1 aromatic rings. The van der Waals surface area contributed by atoms with E-state index in [1.807, 2.05) is 0 Å². The molecule has 5 nitrogen and oxygen atoms in total. The number of nitrogens with two attached hydrogens (primary N) is 1. The van der Waals surface area contributed by atoms with Crippen molar-refractivity contribution in [2.24, 2.45) is 11.7 Å². The Morgan fingerprint density at radius 3 is 2.80 bits per heavy atom. The Labute approximate surface area is 122 Å². The largest absolute Gasteiger partial charge is 0.383 e. The Balaban J connectivity index is 2.20. The van der Waals surface area contributed by atoms with Crippen molar-refractivity contribution >= 4 is 5.95 Å². The fourth-order valence-electron chi connectivity index (χ4n) is 2.88. The van der Waals surface area contributed by atoms with Gasteiger partial charge in [0.05, 0.1) is 18.3 Å². The maximum atomic E-state index is 6.04. The molecule has 3 atom stereocenters. The molecule has 0 spiro atoms. The predicted octanol–water partition coefficient (Wildman–Crippen LogP) is 1.83. The number of ether oxygens (including phenoxy) is 1. The summed E-state index contributed by atoms with van der Waals surface area (Å²) in [4.78, 5) is 7.17. The van der Waals surface area contributed by atoms with Crippen LogP contribution in [0.3, 0.4) is 0 Å². The quantitative estimate of drug-likeness (QED) is 0.863. The minimum Gasteiger partial charge on any atom is -0.383 e. The van der Waals surface area contributed by atoms with Crippen molar-refractivity contribution in [2.45, 2.75) is 45.7 Å². The third kappa shape index (κ3) is 3.15. The molecule has 0 radical (unpaired) electrons. The Bertz CT molecular complexity index is 430. The van der Waals surface area contributed by atoms with E-state index >= 15 is 0 Å². The van der Waals surface area contributed by atoms with E-state index in [2.05, 4.69) is 36.4 Å². The Morgan fingerprint density at radius 2 is 2.25 bits per heavy atom. The van der Waals surface area contributed by atoms with Crippen molar-refractivity contribution in [2.75, 3.05) is 31.7 Å². The molecule has 0 aliphatic carbocycles. The molecule has 2 heterocycles. The fourth-order valence-corrected chi connectivity index (χ4v) is 2.88. The van der Waals surface area contributed by atoms with Gasteiger partial charge in [0.1, 0.15) is 0 Å². The van der Waals surface area contributed by atoms with Gasteiger partial charge in [0.2, 0.25) is 5.95 Å². The van der Waals surface area contributed by atoms with Gasteiger partial charge < -0.3 is 19.9 Å². The minimum atomic E-state index is 0.255. The molecule has 20 heavy (non-hydrogen) atoms. The summed E-state index contributed by atoms with van der Waals surface area (Å²) in [6.07, 6.45) is 4.28. The standard InChI is InChI=1S/C15H28N4O/c1-5-14-9-19(11(2)10-20-4)15(17-14)18-7-6-13(8-18)12(3)16/h9,11-13H,5-8,10,16H2,1-4H3. The maximum absolute atomic E-state index is 6.04. The summed E-state index contributed by atoms with van der Waals surface area (Å²) in [5.41, 5.74) is 7.19. The van der Waals surface area contributed by atoms with Gasteiger partial charge in [-0.05, 0) is 32.6 Å². The van der Waals surface area contributed by atoms with Gasteiger partial charge in [0.15, 0.2) is 0 Å². The third-order valence-electron chi connectivity index (χ3n) is 4.26. The zero-order valence-corrected chi connectivity index (χ0v) is 13.2. The first-order chi connectivity index (χ1) is 9.56. The predicted molar refractivity (Wildman–Crippen MR) is 82.2 cm³/mol. The average molecular weight is 280 g/mol. The summed E-state index contributed by atoms with van der Waals surface area (Å²) < 4.78 is 7.55. The van der Waals surface area contributed by atoms with Crippen molar-refractivity contribution in [3.63, 3.8) is 0 Å². The Kier molecular flexibility index (Phi) is 5.05. The first-order valence-electron chi connectivity index (χ1n) is 7.64. The van der Waals surface area contributed by atoms with Crippen LogP contribution in [0.1, 0.15) is 38.9 Å². The van der Waals surface area contributed by atoms with Crippen LogP contribution in [0.5, 0.6) is 0 Å². The number of nitrogens with zero attached hydrogens (tertiary/aromatic N) is 3. The van der Waals surface area contributed by atoms with Crippen molar-refractivity contribution in [1.82, 2.24) is 9.55 Å². The van der Waals surface area contributed by atoms with Crippen LogP contribution < -0.4 is 10.6 Å². The van der Waals surface area contributed by atoms with Crippen molar-refractivity contribution in [1.29, 1.82) is 0 Å². The van der Waals surface area contributed by atoms with E-state index in [9.17, 15) is 0 Å². The van der Waals surface area contributed by atoms with Gasteiger partial charge in [-0.3, -0.25) is 0 Å². The van der Waals surface area contributed by atoms with E-state index in [4.69, 9.17) is 15.5 Å². The molecular weight excluding hydrogens is 252 g/mol. The number of hydrogen-bond donors (Lipinski definition) is 1. The van der Waals surface area contributed by atoms with Gasteiger partial charge in [-0.1, -0.05) is 6.92 Å². The molecule has 0 amide bonds. The molecule has 1 fully saturated rings. The molecule has 1 aliphatic heterocycles. The van der Waals surface area contributed by atoms with Gasteiger partial charge >= 0.3 is 0 Å². The van der Waals surface area contributed by atoms with Gasteiger partial charge in [-0.25, -0.2) is 4.98 Å². The number of aryl methyl sites for hydroxylation is 1. The third-order valence-corrected chi connectivity index (χ3v) is 4.26. The first-order valence-corrected chi connectivity index (χ1v) is 7.64. The summed E-state index contributed by atoms with van der Waals surface area (Å²) in [6.45, 7) is 9.19. The summed E-state index contributed by atoms with van der Waals surface area (Å²) >= 11 is 0. The van der Waals surface area contributed by atoms with Crippen molar-refractivity contribution in [3.8, 4) is 0 Å². The monoisotopic (exact) mass is 280 g/mol. The molecule has 2 N–H and O–H groups in total. The van der Waals surface area contributed by atoms with E-state index in [0.717, 1.165) is 37.6 Å². The number of hydrogen-bond acceptors (Lipinski definition) is 4. The molecule has 0 saturated carbocycles. The lowest BCUT2D eigenvalue weighted by molar-refractivity contribution is 0.162. The summed E-state index contributed by atoms with van der Waals surface area (Å²) in [6, 6.07) is 0.558. The zero-order chi connectivity index (χ0) is 14.7. The van der Waals surface area contributed by atoms with Crippen LogP contribution in [0, 0.1) is 5.92 Å². The smallest absolute Gasteiger partial charge is 0.206 e. The lowest BCUT2D eigenvalue weighted by atomic mass is 10.0. The van der Waals surface area contributed by atoms with Gasteiger partial charge in [0, 0.05) is 32.4 Å². The molecule has 2 rings (SSSR count). The van der Waals surface area contributed by atoms with Gasteiger partial charge in [0.25, 0.3) is 0 Å². The second kappa shape index (κ2) is 6.59. The van der Waals surface area contributed by atoms with Crippen molar-refractivity contribution < 1.29 is 4.74 Å². The highest BCUT2D eigenvalue weighted by atomic mass is 16.5. The number of anilines is 1. The van der Waals surface area contributed by atoms with Crippen molar-refractivity contribution in [3.05, 3.63) is 11.9 Å². The van der Waals surface area contributed by atoms with Crippen LogP contribution >= 0.6 is 0 Å². The van der Waals surface area contributed by atoms with Gasteiger partial charge in [-0.2, -0.15) is 0 Å². The molecule has 3 unspecified atom stereocenters. The highest BCUT2D eigenvalue weighted by Crippen LogP contribution is 2.27. The summed E-state index contributed by atoms with van der Waals surface area (Å²) in [7, 11) is 1.75. The second-order valence-corrected chi connectivity index (χ2v) is 5.95. The fraction of sp³-hybridized carbons (Fsp3) is 0.800. The first kappa shape index (κ1) is 15.3. The molecule has 1 aromatic heterocycles. The Morgan fingerprint density at radius 1 is 1.50 bits per heavy atom. The molecule has 0 bridgehead atoms. The minimum absolute atomic E-state index is 0.255. The maximum Gasteiger partial charge on any atom is 0.206 e. The molecule has 114 valence electrons. The van der Waals surface area contributed by atoms with Crippen LogP contribution in [0.4, 0.5) is 5.95 Å². The number of aromatic nitrogens is 2. The van der Waals surface area contributed by atoms with E-state index in [0.29, 0.717) is 18.6 Å². The van der Waals surface area contributed by atoms with E-state index in [1.165, 1.54) is 0 Å². The molecular formula is C15H28N4O. The van der Waals surface area contributed by atoms with Gasteiger partial charge in [-0.15, -0.1) is 0 Å². The normalized spacial score (nSPS) is 22.2. The number of rotatable bonds is 6. The van der Waals surface area contributed by atoms with E-state index in [-0.39, 0.29) is 6.04 Å². The van der Waals surface area contributed by atoms with Crippen LogP contribution in [0.25, 0.3) is 0 Å². The highest BCUT2D eigenvalue weighted by Gasteiger charge is 2.28. The highest BCUT2D eigenvalue weighted by molar-refractivity contribution is 5.36. The summed E-state index contributed by atoms with van der Waals surface area (Å²) in [5.74, 6) is 1.65. The second-order valence-electron chi connectivity index (χ2n) is 5.95. The summed E-state index contributed by atoms with van der Waals surface area (Å²) in [5, 5.41) is 0. The Hall–Kier alpha value is -1.07. The number of imidazole rings is 1.